The first kappa shape index (κ1) is 16.1. The molecule has 2 rings (SSSR count). The number of halogens is 1. The van der Waals surface area contributed by atoms with Gasteiger partial charge in [-0.15, -0.1) is 0 Å². The fraction of sp³-hybridized carbons (Fsp3) is 0.533. The number of aliphatic hydroxyl groups is 1. The highest BCUT2D eigenvalue weighted by molar-refractivity contribution is 6.31. The number of hydrogen-bond donors (Lipinski definition) is 3. The van der Waals surface area contributed by atoms with Gasteiger partial charge in [-0.2, -0.15) is 0 Å². The maximum Gasteiger partial charge on any atom is 0.225 e. The molecule has 1 aliphatic carbocycles. The van der Waals surface area contributed by atoms with Gasteiger partial charge in [0.05, 0.1) is 18.0 Å². The summed E-state index contributed by atoms with van der Waals surface area (Å²) in [5, 5.41) is 12.4. The molecule has 21 heavy (non-hydrogen) atoms. The minimum absolute atomic E-state index is 0.0915. The average molecular weight is 312 g/mol. The number of amides is 1. The Morgan fingerprint density at radius 2 is 2.19 bits per heavy atom. The third-order valence-electron chi connectivity index (χ3n) is 3.89. The van der Waals surface area contributed by atoms with Crippen LogP contribution in [0.3, 0.4) is 0 Å². The molecule has 0 saturated heterocycles. The SMILES string of the molecule is Nc1ccc(Cl)cc1NC(=O)CCN(CCO)C1CCC1. The van der Waals surface area contributed by atoms with Gasteiger partial charge in [0.2, 0.25) is 5.91 Å². The van der Waals surface area contributed by atoms with Crippen molar-refractivity contribution < 1.29 is 9.90 Å². The number of nitrogens with zero attached hydrogens (tertiary/aromatic N) is 1. The Labute approximate surface area is 130 Å². The van der Waals surface area contributed by atoms with E-state index in [-0.39, 0.29) is 12.5 Å². The van der Waals surface area contributed by atoms with Crippen molar-refractivity contribution >= 4 is 28.9 Å². The first-order valence-corrected chi connectivity index (χ1v) is 7.67. The highest BCUT2D eigenvalue weighted by Crippen LogP contribution is 2.25. The Kier molecular flexibility index (Phi) is 5.85. The van der Waals surface area contributed by atoms with Crippen molar-refractivity contribution in [2.75, 3.05) is 30.7 Å². The molecule has 0 aliphatic heterocycles. The van der Waals surface area contributed by atoms with Crippen LogP contribution in [0.25, 0.3) is 0 Å². The highest BCUT2D eigenvalue weighted by atomic mass is 35.5. The molecule has 0 bridgehead atoms. The summed E-state index contributed by atoms with van der Waals surface area (Å²) in [6.45, 7) is 1.40. The lowest BCUT2D eigenvalue weighted by Crippen LogP contribution is -2.43. The monoisotopic (exact) mass is 311 g/mol. The molecule has 1 aromatic carbocycles. The number of aliphatic hydroxyl groups excluding tert-OH is 1. The van der Waals surface area contributed by atoms with E-state index in [1.54, 1.807) is 18.2 Å². The summed E-state index contributed by atoms with van der Waals surface area (Å²) in [6, 6.07) is 5.52. The van der Waals surface area contributed by atoms with E-state index < -0.39 is 0 Å². The number of benzene rings is 1. The van der Waals surface area contributed by atoms with E-state index in [4.69, 9.17) is 22.4 Å². The molecule has 1 aromatic rings. The normalized spacial score (nSPS) is 15.0. The predicted octanol–water partition coefficient (Wildman–Crippen LogP) is 2.10. The van der Waals surface area contributed by atoms with Crippen LogP contribution in [-0.2, 0) is 4.79 Å². The van der Waals surface area contributed by atoms with Gasteiger partial charge in [-0.25, -0.2) is 0 Å². The van der Waals surface area contributed by atoms with Crippen molar-refractivity contribution in [2.45, 2.75) is 31.7 Å². The summed E-state index contributed by atoms with van der Waals surface area (Å²) in [5.74, 6) is -0.0915. The van der Waals surface area contributed by atoms with Crippen molar-refractivity contribution in [2.24, 2.45) is 0 Å². The van der Waals surface area contributed by atoms with Crippen LogP contribution >= 0.6 is 11.6 Å². The van der Waals surface area contributed by atoms with Crippen molar-refractivity contribution in [3.8, 4) is 0 Å². The summed E-state index contributed by atoms with van der Waals surface area (Å²) >= 11 is 5.89. The number of nitrogens with one attached hydrogen (secondary N) is 1. The van der Waals surface area contributed by atoms with Crippen LogP contribution in [0, 0.1) is 0 Å². The van der Waals surface area contributed by atoms with Crippen LogP contribution in [0.1, 0.15) is 25.7 Å². The van der Waals surface area contributed by atoms with Gasteiger partial charge in [-0.05, 0) is 31.0 Å². The number of carbonyl (C=O) groups is 1. The molecule has 0 aromatic heterocycles. The Hall–Kier alpha value is -1.30. The Balaban J connectivity index is 1.84. The number of nitrogens with two attached hydrogens (primary N) is 1. The molecule has 1 saturated carbocycles. The van der Waals surface area contributed by atoms with Crippen molar-refractivity contribution in [1.29, 1.82) is 0 Å². The maximum atomic E-state index is 12.0. The summed E-state index contributed by atoms with van der Waals surface area (Å²) < 4.78 is 0. The quantitative estimate of drug-likeness (QED) is 0.674. The second-order valence-corrected chi connectivity index (χ2v) is 5.81. The summed E-state index contributed by atoms with van der Waals surface area (Å²) in [4.78, 5) is 14.2. The minimum Gasteiger partial charge on any atom is -0.397 e. The number of nitrogen functional groups attached to an aromatic ring is 1. The van der Waals surface area contributed by atoms with E-state index >= 15 is 0 Å². The molecule has 1 amide bonds. The van der Waals surface area contributed by atoms with Crippen LogP contribution < -0.4 is 11.1 Å². The van der Waals surface area contributed by atoms with E-state index in [0.29, 0.717) is 41.9 Å². The molecule has 0 atom stereocenters. The Bertz CT molecular complexity index is 492. The van der Waals surface area contributed by atoms with Gasteiger partial charge in [0.25, 0.3) is 0 Å². The number of hydrogen-bond acceptors (Lipinski definition) is 4. The fourth-order valence-electron chi connectivity index (χ4n) is 2.45. The van der Waals surface area contributed by atoms with E-state index in [0.717, 1.165) is 12.8 Å². The van der Waals surface area contributed by atoms with E-state index in [1.165, 1.54) is 6.42 Å². The second kappa shape index (κ2) is 7.64. The summed E-state index contributed by atoms with van der Waals surface area (Å²) in [6.07, 6.45) is 3.92. The molecular weight excluding hydrogens is 290 g/mol. The van der Waals surface area contributed by atoms with Gasteiger partial charge in [0.1, 0.15) is 0 Å². The smallest absolute Gasteiger partial charge is 0.225 e. The van der Waals surface area contributed by atoms with Crippen LogP contribution in [0.2, 0.25) is 5.02 Å². The Morgan fingerprint density at radius 1 is 1.43 bits per heavy atom. The summed E-state index contributed by atoms with van der Waals surface area (Å²) in [5.41, 5.74) is 6.85. The first-order chi connectivity index (χ1) is 10.1. The largest absolute Gasteiger partial charge is 0.397 e. The molecule has 0 unspecified atom stereocenters. The van der Waals surface area contributed by atoms with E-state index in [1.807, 2.05) is 0 Å². The second-order valence-electron chi connectivity index (χ2n) is 5.37. The van der Waals surface area contributed by atoms with Crippen LogP contribution in [0.5, 0.6) is 0 Å². The van der Waals surface area contributed by atoms with Gasteiger partial charge in [-0.1, -0.05) is 18.0 Å². The zero-order chi connectivity index (χ0) is 15.2. The summed E-state index contributed by atoms with van der Waals surface area (Å²) in [7, 11) is 0. The standard InChI is InChI=1S/C15H22ClN3O2/c16-11-4-5-13(17)14(10-11)18-15(21)6-7-19(8-9-20)12-2-1-3-12/h4-5,10,12,20H,1-3,6-9,17H2,(H,18,21). The molecule has 0 heterocycles. The molecule has 116 valence electrons. The molecule has 4 N–H and O–H groups in total. The Morgan fingerprint density at radius 3 is 2.81 bits per heavy atom. The van der Waals surface area contributed by atoms with Gasteiger partial charge >= 0.3 is 0 Å². The molecule has 1 fully saturated rings. The van der Waals surface area contributed by atoms with Crippen LogP contribution in [-0.4, -0.2) is 41.7 Å². The van der Waals surface area contributed by atoms with Crippen molar-refractivity contribution in [3.05, 3.63) is 23.2 Å². The van der Waals surface area contributed by atoms with Gasteiger partial charge in [0.15, 0.2) is 0 Å². The number of carbonyl (C=O) groups excluding carboxylic acids is 1. The predicted molar refractivity (Wildman–Crippen MR) is 85.4 cm³/mol. The third-order valence-corrected chi connectivity index (χ3v) is 4.13. The van der Waals surface area contributed by atoms with Gasteiger partial charge < -0.3 is 16.2 Å². The third kappa shape index (κ3) is 4.59. The highest BCUT2D eigenvalue weighted by Gasteiger charge is 2.24. The first-order valence-electron chi connectivity index (χ1n) is 7.30. The minimum atomic E-state index is -0.0915. The van der Waals surface area contributed by atoms with Crippen LogP contribution in [0.15, 0.2) is 18.2 Å². The van der Waals surface area contributed by atoms with Crippen LogP contribution in [0.4, 0.5) is 11.4 Å². The van der Waals surface area contributed by atoms with Gasteiger partial charge in [0, 0.05) is 30.6 Å². The lowest BCUT2D eigenvalue weighted by atomic mass is 9.91. The zero-order valence-corrected chi connectivity index (χ0v) is 12.8. The van der Waals surface area contributed by atoms with Crippen molar-refractivity contribution in [3.63, 3.8) is 0 Å². The zero-order valence-electron chi connectivity index (χ0n) is 12.0. The lowest BCUT2D eigenvalue weighted by molar-refractivity contribution is -0.116. The number of anilines is 2. The molecular formula is C15H22ClN3O2. The molecule has 0 spiro atoms. The van der Waals surface area contributed by atoms with Gasteiger partial charge in [-0.3, -0.25) is 9.69 Å². The average Bonchev–Trinajstić information content (AvgIpc) is 2.38. The molecule has 6 heteroatoms. The fourth-order valence-corrected chi connectivity index (χ4v) is 2.62. The molecule has 5 nitrogen and oxygen atoms in total. The van der Waals surface area contributed by atoms with E-state index in [2.05, 4.69) is 10.2 Å². The van der Waals surface area contributed by atoms with E-state index in [9.17, 15) is 4.79 Å². The molecule has 0 radical (unpaired) electrons. The maximum absolute atomic E-state index is 12.0. The van der Waals surface area contributed by atoms with Crippen molar-refractivity contribution in [1.82, 2.24) is 4.90 Å². The molecule has 1 aliphatic rings. The number of rotatable bonds is 7. The lowest BCUT2D eigenvalue weighted by Gasteiger charge is -2.37. The topological polar surface area (TPSA) is 78.6 Å².